The number of carbonyl (C=O) groups is 1. The highest BCUT2D eigenvalue weighted by atomic mass is 16.4. The molecule has 14 heavy (non-hydrogen) atoms. The molecule has 2 nitrogen and oxygen atoms in total. The van der Waals surface area contributed by atoms with E-state index in [9.17, 15) is 4.79 Å². The summed E-state index contributed by atoms with van der Waals surface area (Å²) >= 11 is 0. The second-order valence-corrected chi connectivity index (χ2v) is 4.38. The van der Waals surface area contributed by atoms with Gasteiger partial charge in [0.1, 0.15) is 0 Å². The highest BCUT2D eigenvalue weighted by Gasteiger charge is 2.55. The summed E-state index contributed by atoms with van der Waals surface area (Å²) in [5.41, 5.74) is 2.22. The summed E-state index contributed by atoms with van der Waals surface area (Å²) < 4.78 is 0. The minimum absolute atomic E-state index is 0.127. The van der Waals surface area contributed by atoms with Crippen molar-refractivity contribution >= 4 is 5.97 Å². The van der Waals surface area contributed by atoms with E-state index in [1.807, 2.05) is 32.0 Å². The molecule has 1 aliphatic rings. The van der Waals surface area contributed by atoms with Crippen LogP contribution in [0.5, 0.6) is 0 Å². The molecule has 74 valence electrons. The first-order valence-electron chi connectivity index (χ1n) is 4.84. The molecule has 0 amide bonds. The molecule has 0 aromatic heterocycles. The summed E-state index contributed by atoms with van der Waals surface area (Å²) in [5, 5.41) is 8.92. The molecule has 0 saturated heterocycles. The predicted octanol–water partition coefficient (Wildman–Crippen LogP) is 2.36. The van der Waals surface area contributed by atoms with Crippen molar-refractivity contribution in [1.82, 2.24) is 0 Å². The average Bonchev–Trinajstić information content (AvgIpc) is 2.80. The minimum atomic E-state index is -0.672. The molecule has 0 heterocycles. The van der Waals surface area contributed by atoms with E-state index < -0.39 is 5.97 Å². The number of rotatable bonds is 2. The van der Waals surface area contributed by atoms with Gasteiger partial charge in [-0.2, -0.15) is 0 Å². The Morgan fingerprint density at radius 3 is 2.79 bits per heavy atom. The van der Waals surface area contributed by atoms with Crippen molar-refractivity contribution in [3.05, 3.63) is 35.4 Å². The van der Waals surface area contributed by atoms with Gasteiger partial charge >= 0.3 is 5.97 Å². The SMILES string of the molecule is Cc1cccc([C@@]2(C)C[C@@H]2C(=O)O)c1. The molecule has 1 N–H and O–H groups in total. The highest BCUT2D eigenvalue weighted by Crippen LogP contribution is 2.54. The van der Waals surface area contributed by atoms with Crippen molar-refractivity contribution < 1.29 is 9.90 Å². The van der Waals surface area contributed by atoms with Gasteiger partial charge in [-0.3, -0.25) is 4.79 Å². The smallest absolute Gasteiger partial charge is 0.307 e. The average molecular weight is 190 g/mol. The fourth-order valence-corrected chi connectivity index (χ4v) is 2.04. The second kappa shape index (κ2) is 2.84. The van der Waals surface area contributed by atoms with Gasteiger partial charge in [-0.25, -0.2) is 0 Å². The predicted molar refractivity (Wildman–Crippen MR) is 54.3 cm³/mol. The summed E-state index contributed by atoms with van der Waals surface area (Å²) in [5.74, 6) is -0.863. The maximum absolute atomic E-state index is 10.8. The van der Waals surface area contributed by atoms with E-state index in [0.717, 1.165) is 12.0 Å². The van der Waals surface area contributed by atoms with Crippen LogP contribution in [0.15, 0.2) is 24.3 Å². The van der Waals surface area contributed by atoms with Gasteiger partial charge in [0, 0.05) is 5.41 Å². The van der Waals surface area contributed by atoms with E-state index in [2.05, 4.69) is 6.07 Å². The zero-order valence-electron chi connectivity index (χ0n) is 8.45. The molecule has 2 rings (SSSR count). The number of carboxylic acids is 1. The third-order valence-corrected chi connectivity index (χ3v) is 3.21. The lowest BCUT2D eigenvalue weighted by Gasteiger charge is -2.10. The molecule has 0 unspecified atom stereocenters. The Morgan fingerprint density at radius 2 is 2.29 bits per heavy atom. The molecule has 0 bridgehead atoms. The molecular weight excluding hydrogens is 176 g/mol. The van der Waals surface area contributed by atoms with Crippen LogP contribution in [0.4, 0.5) is 0 Å². The molecule has 2 atom stereocenters. The molecule has 1 aromatic rings. The number of aliphatic carboxylic acids is 1. The summed E-state index contributed by atoms with van der Waals surface area (Å²) in [7, 11) is 0. The van der Waals surface area contributed by atoms with E-state index in [-0.39, 0.29) is 11.3 Å². The summed E-state index contributed by atoms with van der Waals surface area (Å²) in [6, 6.07) is 8.14. The third kappa shape index (κ3) is 1.31. The van der Waals surface area contributed by atoms with Crippen LogP contribution in [-0.4, -0.2) is 11.1 Å². The van der Waals surface area contributed by atoms with Gasteiger partial charge in [0.25, 0.3) is 0 Å². The fraction of sp³-hybridized carbons (Fsp3) is 0.417. The number of carboxylic acid groups (broad SMARTS) is 1. The van der Waals surface area contributed by atoms with Crippen molar-refractivity contribution in [2.75, 3.05) is 0 Å². The molecule has 1 fully saturated rings. The number of hydrogen-bond acceptors (Lipinski definition) is 1. The number of aryl methyl sites for hydroxylation is 1. The zero-order valence-corrected chi connectivity index (χ0v) is 8.45. The number of hydrogen-bond donors (Lipinski definition) is 1. The third-order valence-electron chi connectivity index (χ3n) is 3.21. The van der Waals surface area contributed by atoms with Crippen molar-refractivity contribution in [3.63, 3.8) is 0 Å². The van der Waals surface area contributed by atoms with Gasteiger partial charge in [0.05, 0.1) is 5.92 Å². The van der Waals surface area contributed by atoms with Crippen molar-refractivity contribution in [2.45, 2.75) is 25.7 Å². The Morgan fingerprint density at radius 1 is 1.57 bits per heavy atom. The topological polar surface area (TPSA) is 37.3 Å². The zero-order chi connectivity index (χ0) is 10.3. The summed E-state index contributed by atoms with van der Waals surface area (Å²) in [6.45, 7) is 4.06. The van der Waals surface area contributed by atoms with Crippen LogP contribution in [0.1, 0.15) is 24.5 Å². The van der Waals surface area contributed by atoms with Crippen LogP contribution in [0.25, 0.3) is 0 Å². The van der Waals surface area contributed by atoms with Gasteiger partial charge in [-0.1, -0.05) is 36.8 Å². The lowest BCUT2D eigenvalue weighted by molar-refractivity contribution is -0.138. The van der Waals surface area contributed by atoms with Crippen molar-refractivity contribution in [3.8, 4) is 0 Å². The fourth-order valence-electron chi connectivity index (χ4n) is 2.04. The first-order chi connectivity index (χ1) is 6.54. The quantitative estimate of drug-likeness (QED) is 0.777. The maximum Gasteiger partial charge on any atom is 0.307 e. The molecular formula is C12H14O2. The largest absolute Gasteiger partial charge is 0.481 e. The first-order valence-corrected chi connectivity index (χ1v) is 4.84. The van der Waals surface area contributed by atoms with Crippen LogP contribution in [-0.2, 0) is 10.2 Å². The van der Waals surface area contributed by atoms with E-state index in [1.165, 1.54) is 5.56 Å². The Balaban J connectivity index is 2.30. The monoisotopic (exact) mass is 190 g/mol. The maximum atomic E-state index is 10.8. The van der Waals surface area contributed by atoms with Gasteiger partial charge in [-0.05, 0) is 18.9 Å². The standard InChI is InChI=1S/C12H14O2/c1-8-4-3-5-9(6-8)12(2)7-10(12)11(13)14/h3-6,10H,7H2,1-2H3,(H,13,14)/t10-,12-/m1/s1. The molecule has 2 heteroatoms. The lowest BCUT2D eigenvalue weighted by atomic mass is 9.94. The summed E-state index contributed by atoms with van der Waals surface area (Å²) in [6.07, 6.45) is 0.770. The Hall–Kier alpha value is -1.31. The molecule has 1 saturated carbocycles. The van der Waals surface area contributed by atoms with E-state index in [1.54, 1.807) is 0 Å². The van der Waals surface area contributed by atoms with Crippen LogP contribution >= 0.6 is 0 Å². The molecule has 0 spiro atoms. The number of benzene rings is 1. The molecule has 0 aliphatic heterocycles. The van der Waals surface area contributed by atoms with Gasteiger partial charge in [0.2, 0.25) is 0 Å². The van der Waals surface area contributed by atoms with Crippen LogP contribution in [0, 0.1) is 12.8 Å². The van der Waals surface area contributed by atoms with Gasteiger partial charge < -0.3 is 5.11 Å². The Labute approximate surface area is 83.6 Å². The van der Waals surface area contributed by atoms with Crippen molar-refractivity contribution in [2.24, 2.45) is 5.92 Å². The molecule has 0 radical (unpaired) electrons. The first kappa shape index (κ1) is 9.25. The molecule has 1 aliphatic carbocycles. The van der Waals surface area contributed by atoms with E-state index >= 15 is 0 Å². The van der Waals surface area contributed by atoms with Gasteiger partial charge in [-0.15, -0.1) is 0 Å². The van der Waals surface area contributed by atoms with E-state index in [4.69, 9.17) is 5.11 Å². The van der Waals surface area contributed by atoms with Crippen LogP contribution in [0.3, 0.4) is 0 Å². The summed E-state index contributed by atoms with van der Waals surface area (Å²) in [4.78, 5) is 10.8. The van der Waals surface area contributed by atoms with Gasteiger partial charge in [0.15, 0.2) is 0 Å². The highest BCUT2D eigenvalue weighted by molar-refractivity contribution is 5.77. The van der Waals surface area contributed by atoms with Crippen LogP contribution < -0.4 is 0 Å². The van der Waals surface area contributed by atoms with E-state index in [0.29, 0.717) is 0 Å². The molecule has 1 aromatic carbocycles. The second-order valence-electron chi connectivity index (χ2n) is 4.38. The normalized spacial score (nSPS) is 30.0. The minimum Gasteiger partial charge on any atom is -0.481 e. The lowest BCUT2D eigenvalue weighted by Crippen LogP contribution is -2.10. The van der Waals surface area contributed by atoms with Crippen molar-refractivity contribution in [1.29, 1.82) is 0 Å². The Bertz CT molecular complexity index is 384. The Kier molecular flexibility index (Phi) is 1.88. The van der Waals surface area contributed by atoms with Crippen LogP contribution in [0.2, 0.25) is 0 Å².